The molecule has 0 radical (unpaired) electrons. The van der Waals surface area contributed by atoms with E-state index in [9.17, 15) is 4.79 Å². The van der Waals surface area contributed by atoms with Gasteiger partial charge in [0.25, 0.3) is 0 Å². The summed E-state index contributed by atoms with van der Waals surface area (Å²) in [5.41, 5.74) is 0.251. The fourth-order valence-corrected chi connectivity index (χ4v) is 0.844. The van der Waals surface area contributed by atoms with Gasteiger partial charge in [-0.3, -0.25) is 0 Å². The average molecular weight is 172 g/mol. The molecule has 1 aliphatic rings. The van der Waals surface area contributed by atoms with Gasteiger partial charge in [-0.2, -0.15) is 0 Å². The van der Waals surface area contributed by atoms with Gasteiger partial charge < -0.3 is 14.6 Å². The molecule has 4 nitrogen and oxygen atoms in total. The number of hydrogen-bond acceptors (Lipinski definition) is 3. The van der Waals surface area contributed by atoms with Crippen molar-refractivity contribution in [3.8, 4) is 0 Å². The molecule has 1 aliphatic heterocycles. The molecule has 0 saturated heterocycles. The molecular formula is C8H12O4. The van der Waals surface area contributed by atoms with E-state index >= 15 is 0 Å². The molecule has 0 aromatic rings. The molecule has 1 rings (SSSR count). The Morgan fingerprint density at radius 2 is 2.25 bits per heavy atom. The van der Waals surface area contributed by atoms with E-state index in [0.717, 1.165) is 0 Å². The van der Waals surface area contributed by atoms with Crippen LogP contribution >= 0.6 is 0 Å². The van der Waals surface area contributed by atoms with Crippen LogP contribution in [0.4, 0.5) is 0 Å². The van der Waals surface area contributed by atoms with Crippen molar-refractivity contribution in [2.45, 2.75) is 19.6 Å². The summed E-state index contributed by atoms with van der Waals surface area (Å²) in [6.45, 7) is 3.90. The second kappa shape index (κ2) is 3.25. The van der Waals surface area contributed by atoms with Gasteiger partial charge in [-0.1, -0.05) is 0 Å². The molecule has 1 N–H and O–H groups in total. The first-order chi connectivity index (χ1) is 5.51. The summed E-state index contributed by atoms with van der Waals surface area (Å²) in [5.74, 6) is -1.63. The van der Waals surface area contributed by atoms with Gasteiger partial charge in [0.1, 0.15) is 0 Å². The Bertz CT molecular complexity index is 217. The Morgan fingerprint density at radius 1 is 1.58 bits per heavy atom. The zero-order valence-electron chi connectivity index (χ0n) is 7.16. The van der Waals surface area contributed by atoms with Crippen molar-refractivity contribution in [2.24, 2.45) is 0 Å². The van der Waals surface area contributed by atoms with Crippen LogP contribution in [0.5, 0.6) is 0 Å². The lowest BCUT2D eigenvalue weighted by atomic mass is 10.3. The second-order valence-corrected chi connectivity index (χ2v) is 3.03. The van der Waals surface area contributed by atoms with E-state index in [0.29, 0.717) is 0 Å². The van der Waals surface area contributed by atoms with E-state index in [4.69, 9.17) is 14.6 Å². The maximum Gasteiger partial charge on any atom is 0.333 e. The van der Waals surface area contributed by atoms with Crippen LogP contribution in [0.2, 0.25) is 0 Å². The largest absolute Gasteiger partial charge is 0.478 e. The highest BCUT2D eigenvalue weighted by Crippen LogP contribution is 2.16. The monoisotopic (exact) mass is 172 g/mol. The Kier molecular flexibility index (Phi) is 2.49. The standard InChI is InChI=1S/C8H12O4/c1-8(2)11-4-3-6(5-12-8)7(9)10/h3H,4-5H2,1-2H3,(H,9,10). The van der Waals surface area contributed by atoms with Crippen LogP contribution in [0.3, 0.4) is 0 Å². The summed E-state index contributed by atoms with van der Waals surface area (Å²) >= 11 is 0. The molecule has 12 heavy (non-hydrogen) atoms. The van der Waals surface area contributed by atoms with Crippen LogP contribution in [0.15, 0.2) is 11.6 Å². The summed E-state index contributed by atoms with van der Waals surface area (Å²) in [4.78, 5) is 10.5. The van der Waals surface area contributed by atoms with Gasteiger partial charge in [-0.05, 0) is 19.9 Å². The topological polar surface area (TPSA) is 55.8 Å². The third-order valence-electron chi connectivity index (χ3n) is 1.61. The Hall–Kier alpha value is -0.870. The number of carbonyl (C=O) groups is 1. The van der Waals surface area contributed by atoms with Crippen molar-refractivity contribution < 1.29 is 19.4 Å². The highest BCUT2D eigenvalue weighted by Gasteiger charge is 2.23. The first-order valence-electron chi connectivity index (χ1n) is 3.71. The predicted molar refractivity (Wildman–Crippen MR) is 41.7 cm³/mol. The highest BCUT2D eigenvalue weighted by molar-refractivity contribution is 5.86. The van der Waals surface area contributed by atoms with E-state index in [1.54, 1.807) is 13.8 Å². The zero-order chi connectivity index (χ0) is 9.19. The molecular weight excluding hydrogens is 160 g/mol. The highest BCUT2D eigenvalue weighted by atomic mass is 16.7. The molecule has 0 bridgehead atoms. The van der Waals surface area contributed by atoms with E-state index in [-0.39, 0.29) is 18.8 Å². The first kappa shape index (κ1) is 9.22. The molecule has 0 spiro atoms. The minimum absolute atomic E-state index is 0.0995. The summed E-state index contributed by atoms with van der Waals surface area (Å²) in [6.07, 6.45) is 1.52. The minimum atomic E-state index is -0.948. The molecule has 0 amide bonds. The second-order valence-electron chi connectivity index (χ2n) is 3.03. The van der Waals surface area contributed by atoms with Crippen molar-refractivity contribution in [2.75, 3.05) is 13.2 Å². The number of carboxylic acid groups (broad SMARTS) is 1. The number of ether oxygens (including phenoxy) is 2. The lowest BCUT2D eigenvalue weighted by molar-refractivity contribution is -0.197. The van der Waals surface area contributed by atoms with Gasteiger partial charge in [-0.15, -0.1) is 0 Å². The van der Waals surface area contributed by atoms with Gasteiger partial charge in [0.15, 0.2) is 5.79 Å². The van der Waals surface area contributed by atoms with Crippen LogP contribution < -0.4 is 0 Å². The summed E-state index contributed by atoms with van der Waals surface area (Å²) in [7, 11) is 0. The van der Waals surface area contributed by atoms with Gasteiger partial charge in [0.05, 0.1) is 18.8 Å². The first-order valence-corrected chi connectivity index (χ1v) is 3.71. The molecule has 0 atom stereocenters. The van der Waals surface area contributed by atoms with Crippen LogP contribution in [0, 0.1) is 0 Å². The summed E-state index contributed by atoms with van der Waals surface area (Å²) in [5, 5.41) is 8.63. The van der Waals surface area contributed by atoms with Gasteiger partial charge in [0.2, 0.25) is 0 Å². The average Bonchev–Trinajstić information content (AvgIpc) is 2.10. The zero-order valence-corrected chi connectivity index (χ0v) is 7.16. The fourth-order valence-electron chi connectivity index (χ4n) is 0.844. The van der Waals surface area contributed by atoms with Crippen molar-refractivity contribution in [3.63, 3.8) is 0 Å². The van der Waals surface area contributed by atoms with Crippen molar-refractivity contribution >= 4 is 5.97 Å². The van der Waals surface area contributed by atoms with E-state index in [2.05, 4.69) is 0 Å². The molecule has 68 valence electrons. The number of hydrogen-bond donors (Lipinski definition) is 1. The maximum absolute atomic E-state index is 10.5. The van der Waals surface area contributed by atoms with Crippen LogP contribution in [0.25, 0.3) is 0 Å². The smallest absolute Gasteiger partial charge is 0.333 e. The van der Waals surface area contributed by atoms with E-state index in [1.807, 2.05) is 0 Å². The third kappa shape index (κ3) is 2.32. The van der Waals surface area contributed by atoms with Crippen LogP contribution in [0.1, 0.15) is 13.8 Å². The molecule has 0 fully saturated rings. The third-order valence-corrected chi connectivity index (χ3v) is 1.61. The molecule has 0 aliphatic carbocycles. The molecule has 1 heterocycles. The number of carboxylic acids is 1. The summed E-state index contributed by atoms with van der Waals surface area (Å²) < 4.78 is 10.4. The van der Waals surface area contributed by atoms with Crippen molar-refractivity contribution in [3.05, 3.63) is 11.6 Å². The van der Waals surface area contributed by atoms with Crippen LogP contribution in [-0.4, -0.2) is 30.1 Å². The lowest BCUT2D eigenvalue weighted by Gasteiger charge is -2.22. The van der Waals surface area contributed by atoms with Crippen molar-refractivity contribution in [1.82, 2.24) is 0 Å². The molecule has 0 saturated carbocycles. The maximum atomic E-state index is 10.5. The van der Waals surface area contributed by atoms with Crippen molar-refractivity contribution in [1.29, 1.82) is 0 Å². The normalized spacial score (nSPS) is 22.7. The Labute approximate surface area is 70.8 Å². The predicted octanol–water partition coefficient (Wildman–Crippen LogP) is 0.780. The lowest BCUT2D eigenvalue weighted by Crippen LogP contribution is -2.27. The van der Waals surface area contributed by atoms with E-state index in [1.165, 1.54) is 6.08 Å². The molecule has 0 unspecified atom stereocenters. The van der Waals surface area contributed by atoms with Gasteiger partial charge >= 0.3 is 5.97 Å². The fraction of sp³-hybridized carbons (Fsp3) is 0.625. The quantitative estimate of drug-likeness (QED) is 0.635. The Morgan fingerprint density at radius 3 is 2.83 bits per heavy atom. The molecule has 4 heteroatoms. The Balaban J connectivity index is 2.62. The van der Waals surface area contributed by atoms with Gasteiger partial charge in [-0.25, -0.2) is 4.79 Å². The SMILES string of the molecule is CC1(C)OCC=C(C(=O)O)CO1. The minimum Gasteiger partial charge on any atom is -0.478 e. The van der Waals surface area contributed by atoms with Gasteiger partial charge in [0, 0.05) is 0 Å². The number of rotatable bonds is 1. The number of aliphatic carboxylic acids is 1. The molecule has 0 aromatic heterocycles. The van der Waals surface area contributed by atoms with E-state index < -0.39 is 11.8 Å². The summed E-state index contributed by atoms with van der Waals surface area (Å²) in [6, 6.07) is 0. The van der Waals surface area contributed by atoms with Crippen LogP contribution in [-0.2, 0) is 14.3 Å². The molecule has 0 aromatic carbocycles.